The van der Waals surface area contributed by atoms with Crippen molar-refractivity contribution in [2.75, 3.05) is 13.1 Å². The number of carbonyl (C=O) groups is 1. The van der Waals surface area contributed by atoms with Crippen molar-refractivity contribution in [2.24, 2.45) is 0 Å². The monoisotopic (exact) mass is 353 g/mol. The molecule has 1 unspecified atom stereocenters. The number of carbonyl (C=O) groups excluding carboxylic acids is 1. The third-order valence-electron chi connectivity index (χ3n) is 3.83. The van der Waals surface area contributed by atoms with Crippen LogP contribution in [-0.2, 0) is 11.3 Å². The highest BCUT2D eigenvalue weighted by Crippen LogP contribution is 2.29. The molecular formula is C17H24ClN3OS. The molecule has 2 rings (SSSR count). The van der Waals surface area contributed by atoms with Crippen LogP contribution < -0.4 is 0 Å². The summed E-state index contributed by atoms with van der Waals surface area (Å²) >= 11 is 7.60. The predicted octanol–water partition coefficient (Wildman–Crippen LogP) is 4.45. The lowest BCUT2D eigenvalue weighted by Crippen LogP contribution is -2.36. The number of benzene rings is 1. The topological polar surface area (TPSA) is 38.1 Å². The van der Waals surface area contributed by atoms with E-state index in [1.54, 1.807) is 0 Å². The zero-order valence-electron chi connectivity index (χ0n) is 14.2. The maximum absolute atomic E-state index is 12.5. The van der Waals surface area contributed by atoms with E-state index in [0.29, 0.717) is 5.02 Å². The molecule has 6 heteroatoms. The number of thioether (sulfide) groups is 1. The molecule has 23 heavy (non-hydrogen) atoms. The molecule has 0 fully saturated rings. The Morgan fingerprint density at radius 1 is 1.35 bits per heavy atom. The van der Waals surface area contributed by atoms with E-state index in [-0.39, 0.29) is 11.2 Å². The molecule has 0 aliphatic heterocycles. The molecule has 4 nitrogen and oxygen atoms in total. The molecular weight excluding hydrogens is 330 g/mol. The molecule has 0 aliphatic rings. The van der Waals surface area contributed by atoms with Crippen LogP contribution in [0.4, 0.5) is 0 Å². The maximum atomic E-state index is 12.5. The summed E-state index contributed by atoms with van der Waals surface area (Å²) in [4.78, 5) is 19.1. The lowest BCUT2D eigenvalue weighted by Gasteiger charge is -2.22. The molecule has 1 atom stereocenters. The van der Waals surface area contributed by atoms with Gasteiger partial charge in [0.25, 0.3) is 0 Å². The summed E-state index contributed by atoms with van der Waals surface area (Å²) in [5, 5.41) is 1.41. The fourth-order valence-corrected chi connectivity index (χ4v) is 3.81. The third-order valence-corrected chi connectivity index (χ3v) is 5.14. The van der Waals surface area contributed by atoms with Crippen LogP contribution in [0.25, 0.3) is 11.0 Å². The number of imidazole rings is 1. The van der Waals surface area contributed by atoms with Crippen LogP contribution in [0.5, 0.6) is 0 Å². The Labute approximate surface area is 147 Å². The summed E-state index contributed by atoms with van der Waals surface area (Å²) in [6.45, 7) is 10.5. The first-order chi connectivity index (χ1) is 11.0. The lowest BCUT2D eigenvalue weighted by atomic mass is 10.3. The minimum absolute atomic E-state index is 0.155. The van der Waals surface area contributed by atoms with Crippen molar-refractivity contribution in [3.05, 3.63) is 23.2 Å². The Balaban J connectivity index is 2.31. The summed E-state index contributed by atoms with van der Waals surface area (Å²) in [5.74, 6) is 0.160. The first kappa shape index (κ1) is 18.1. The Kier molecular flexibility index (Phi) is 6.36. The van der Waals surface area contributed by atoms with Gasteiger partial charge in [-0.15, -0.1) is 0 Å². The number of hydrogen-bond acceptors (Lipinski definition) is 3. The van der Waals surface area contributed by atoms with Crippen molar-refractivity contribution >= 4 is 40.3 Å². The zero-order valence-corrected chi connectivity index (χ0v) is 15.7. The Morgan fingerprint density at radius 3 is 2.65 bits per heavy atom. The van der Waals surface area contributed by atoms with E-state index in [2.05, 4.69) is 11.5 Å². The standard InChI is InChI=1S/C17H24ClN3OS/c1-5-10-21-15-9-8-13(18)11-14(15)19-17(21)23-12(4)16(22)20(6-2)7-3/h8-9,11-12H,5-7,10H2,1-4H3. The summed E-state index contributed by atoms with van der Waals surface area (Å²) in [6.07, 6.45) is 1.01. The van der Waals surface area contributed by atoms with Crippen LogP contribution in [0.1, 0.15) is 34.1 Å². The largest absolute Gasteiger partial charge is 0.342 e. The third kappa shape index (κ3) is 4.01. The van der Waals surface area contributed by atoms with Crippen molar-refractivity contribution in [1.82, 2.24) is 14.5 Å². The first-order valence-electron chi connectivity index (χ1n) is 8.13. The molecule has 2 aromatic rings. The zero-order chi connectivity index (χ0) is 17.0. The van der Waals surface area contributed by atoms with Crippen molar-refractivity contribution in [2.45, 2.75) is 51.1 Å². The van der Waals surface area contributed by atoms with Gasteiger partial charge >= 0.3 is 0 Å². The van der Waals surface area contributed by atoms with E-state index in [0.717, 1.165) is 42.2 Å². The highest BCUT2D eigenvalue weighted by atomic mass is 35.5. The fraction of sp³-hybridized carbons (Fsp3) is 0.529. The molecule has 0 N–H and O–H groups in total. The molecule has 126 valence electrons. The van der Waals surface area contributed by atoms with Gasteiger partial charge in [0.2, 0.25) is 5.91 Å². The molecule has 0 saturated heterocycles. The summed E-state index contributed by atoms with van der Waals surface area (Å²) < 4.78 is 2.18. The lowest BCUT2D eigenvalue weighted by molar-refractivity contribution is -0.129. The summed E-state index contributed by atoms with van der Waals surface area (Å²) in [7, 11) is 0. The van der Waals surface area contributed by atoms with Gasteiger partial charge in [-0.3, -0.25) is 4.79 Å². The summed E-state index contributed by atoms with van der Waals surface area (Å²) in [5.41, 5.74) is 1.96. The minimum Gasteiger partial charge on any atom is -0.342 e. The minimum atomic E-state index is -0.155. The number of halogens is 1. The van der Waals surface area contributed by atoms with Crippen LogP contribution in [0.15, 0.2) is 23.4 Å². The number of amides is 1. The molecule has 0 bridgehead atoms. The molecule has 0 radical (unpaired) electrons. The molecule has 0 aliphatic carbocycles. The quantitative estimate of drug-likeness (QED) is 0.690. The average Bonchev–Trinajstić information content (AvgIpc) is 2.85. The molecule has 1 heterocycles. The molecule has 0 saturated carbocycles. The van der Waals surface area contributed by atoms with Crippen molar-refractivity contribution < 1.29 is 4.79 Å². The van der Waals surface area contributed by atoms with E-state index in [1.165, 1.54) is 11.8 Å². The number of nitrogens with zero attached hydrogens (tertiary/aromatic N) is 3. The average molecular weight is 354 g/mol. The Hall–Kier alpha value is -1.20. The van der Waals surface area contributed by atoms with E-state index >= 15 is 0 Å². The first-order valence-corrected chi connectivity index (χ1v) is 9.38. The second-order valence-corrected chi connectivity index (χ2v) is 7.19. The second-order valence-electron chi connectivity index (χ2n) is 5.45. The number of fused-ring (bicyclic) bond motifs is 1. The summed E-state index contributed by atoms with van der Waals surface area (Å²) in [6, 6.07) is 5.77. The van der Waals surface area contributed by atoms with Gasteiger partial charge in [0.1, 0.15) is 0 Å². The molecule has 1 amide bonds. The van der Waals surface area contributed by atoms with Gasteiger partial charge in [-0.2, -0.15) is 0 Å². The van der Waals surface area contributed by atoms with E-state index in [9.17, 15) is 4.79 Å². The smallest absolute Gasteiger partial charge is 0.235 e. The van der Waals surface area contributed by atoms with Gasteiger partial charge in [0, 0.05) is 24.7 Å². The normalized spacial score (nSPS) is 12.6. The van der Waals surface area contributed by atoms with Gasteiger partial charge in [-0.1, -0.05) is 30.3 Å². The number of aromatic nitrogens is 2. The molecule has 1 aromatic carbocycles. The Bertz CT molecular complexity index is 682. The van der Waals surface area contributed by atoms with E-state index in [1.807, 2.05) is 43.9 Å². The van der Waals surface area contributed by atoms with Crippen LogP contribution in [0.2, 0.25) is 5.02 Å². The predicted molar refractivity (Wildman–Crippen MR) is 98.3 cm³/mol. The van der Waals surface area contributed by atoms with Gasteiger partial charge in [-0.25, -0.2) is 4.98 Å². The van der Waals surface area contributed by atoms with Crippen molar-refractivity contribution in [3.8, 4) is 0 Å². The number of rotatable bonds is 7. The van der Waals surface area contributed by atoms with Crippen molar-refractivity contribution in [1.29, 1.82) is 0 Å². The van der Waals surface area contributed by atoms with Crippen LogP contribution in [-0.4, -0.2) is 38.7 Å². The van der Waals surface area contributed by atoms with Crippen LogP contribution in [0.3, 0.4) is 0 Å². The van der Waals surface area contributed by atoms with Crippen LogP contribution in [0, 0.1) is 0 Å². The number of hydrogen-bond donors (Lipinski definition) is 0. The Morgan fingerprint density at radius 2 is 2.04 bits per heavy atom. The fourth-order valence-electron chi connectivity index (χ4n) is 2.61. The molecule has 1 aromatic heterocycles. The van der Waals surface area contributed by atoms with Crippen LogP contribution >= 0.6 is 23.4 Å². The number of aryl methyl sites for hydroxylation is 1. The van der Waals surface area contributed by atoms with Gasteiger partial charge in [-0.05, 0) is 45.4 Å². The van der Waals surface area contributed by atoms with Gasteiger partial charge in [0.05, 0.1) is 16.3 Å². The van der Waals surface area contributed by atoms with E-state index in [4.69, 9.17) is 16.6 Å². The SMILES string of the molecule is CCCn1c(SC(C)C(=O)N(CC)CC)nc2cc(Cl)ccc21. The highest BCUT2D eigenvalue weighted by Gasteiger charge is 2.22. The maximum Gasteiger partial charge on any atom is 0.235 e. The highest BCUT2D eigenvalue weighted by molar-refractivity contribution is 8.00. The van der Waals surface area contributed by atoms with Gasteiger partial charge in [0.15, 0.2) is 5.16 Å². The second kappa shape index (κ2) is 8.06. The molecule has 0 spiro atoms. The van der Waals surface area contributed by atoms with Gasteiger partial charge < -0.3 is 9.47 Å². The van der Waals surface area contributed by atoms with E-state index < -0.39 is 0 Å². The van der Waals surface area contributed by atoms with Crippen molar-refractivity contribution in [3.63, 3.8) is 0 Å².